The smallest absolute Gasteiger partial charge is 0.284 e. The number of hydrogen-bond donors (Lipinski definition) is 3. The predicted octanol–water partition coefficient (Wildman–Crippen LogP) is 1.17. The van der Waals surface area contributed by atoms with Crippen LogP contribution in [0.15, 0.2) is 23.1 Å². The number of hydrazine groups is 1. The second kappa shape index (κ2) is 3.42. The van der Waals surface area contributed by atoms with Crippen molar-refractivity contribution in [3.05, 3.63) is 28.3 Å². The Kier molecular flexibility index (Phi) is 2.51. The molecule has 0 aliphatic heterocycles. The van der Waals surface area contributed by atoms with Crippen LogP contribution in [0.5, 0.6) is 0 Å². The topological polar surface area (TPSA) is 81.2 Å². The van der Waals surface area contributed by atoms with E-state index in [9.17, 15) is 10.1 Å². The summed E-state index contributed by atoms with van der Waals surface area (Å²) < 4.78 is 0. The molecule has 0 fully saturated rings. The van der Waals surface area contributed by atoms with Gasteiger partial charge in [-0.1, -0.05) is 6.07 Å². The van der Waals surface area contributed by atoms with Gasteiger partial charge in [-0.2, -0.15) is 0 Å². The van der Waals surface area contributed by atoms with Crippen LogP contribution < -0.4 is 11.3 Å². The highest BCUT2D eigenvalue weighted by Crippen LogP contribution is 2.28. The van der Waals surface area contributed by atoms with Crippen LogP contribution in [0.2, 0.25) is 0 Å². The van der Waals surface area contributed by atoms with E-state index >= 15 is 0 Å². The molecular weight excluding hydrogens is 178 g/mol. The van der Waals surface area contributed by atoms with Gasteiger partial charge in [0, 0.05) is 6.07 Å². The number of nitrogens with two attached hydrogens (primary N) is 1. The van der Waals surface area contributed by atoms with Gasteiger partial charge in [0.15, 0.2) is 0 Å². The average molecular weight is 185 g/mol. The number of nitrogens with zero attached hydrogens (tertiary/aromatic N) is 1. The standard InChI is InChI=1S/C6H7N3O2S/c7-8-4-2-1-3-5(6(4)12)9(10)11/h1-3,8,12H,7H2. The summed E-state index contributed by atoms with van der Waals surface area (Å²) >= 11 is 3.95. The van der Waals surface area contributed by atoms with Crippen LogP contribution in [0.4, 0.5) is 11.4 Å². The lowest BCUT2D eigenvalue weighted by Gasteiger charge is -2.02. The molecule has 1 aromatic rings. The van der Waals surface area contributed by atoms with Gasteiger partial charge in [0.1, 0.15) is 4.90 Å². The van der Waals surface area contributed by atoms with Crippen LogP contribution in [-0.4, -0.2) is 4.92 Å². The summed E-state index contributed by atoms with van der Waals surface area (Å²) in [6.45, 7) is 0. The lowest BCUT2D eigenvalue weighted by Crippen LogP contribution is -2.07. The van der Waals surface area contributed by atoms with Crippen molar-refractivity contribution >= 4 is 24.0 Å². The number of nitrogens with one attached hydrogen (secondary N) is 1. The highest BCUT2D eigenvalue weighted by molar-refractivity contribution is 7.80. The molecule has 1 aromatic carbocycles. The molecule has 0 bridgehead atoms. The van der Waals surface area contributed by atoms with Crippen molar-refractivity contribution in [2.45, 2.75) is 4.90 Å². The zero-order valence-electron chi connectivity index (χ0n) is 6.02. The third-order valence-corrected chi connectivity index (χ3v) is 1.84. The largest absolute Gasteiger partial charge is 0.323 e. The molecule has 0 unspecified atom stereocenters. The maximum atomic E-state index is 10.4. The van der Waals surface area contributed by atoms with Crippen LogP contribution in [-0.2, 0) is 0 Å². The van der Waals surface area contributed by atoms with Gasteiger partial charge in [-0.05, 0) is 6.07 Å². The minimum absolute atomic E-state index is 0.0613. The number of nitro benzene ring substituents is 1. The third kappa shape index (κ3) is 1.49. The van der Waals surface area contributed by atoms with E-state index in [0.29, 0.717) is 5.69 Å². The maximum Gasteiger partial charge on any atom is 0.284 e. The van der Waals surface area contributed by atoms with Gasteiger partial charge in [0.25, 0.3) is 5.69 Å². The number of thiol groups is 1. The molecule has 0 heterocycles. The second-order valence-corrected chi connectivity index (χ2v) is 2.52. The quantitative estimate of drug-likeness (QED) is 0.279. The van der Waals surface area contributed by atoms with Crippen LogP contribution in [0.1, 0.15) is 0 Å². The molecule has 0 aliphatic rings. The van der Waals surface area contributed by atoms with Crippen molar-refractivity contribution in [3.63, 3.8) is 0 Å². The Balaban J connectivity index is 3.23. The van der Waals surface area contributed by atoms with E-state index < -0.39 is 4.92 Å². The Bertz CT molecular complexity index is 316. The summed E-state index contributed by atoms with van der Waals surface area (Å²) in [5.41, 5.74) is 2.69. The predicted molar refractivity (Wildman–Crippen MR) is 48.2 cm³/mol. The molecule has 0 aromatic heterocycles. The van der Waals surface area contributed by atoms with Gasteiger partial charge in [-0.3, -0.25) is 16.0 Å². The third-order valence-electron chi connectivity index (χ3n) is 1.37. The fourth-order valence-electron chi connectivity index (χ4n) is 0.795. The molecule has 5 nitrogen and oxygen atoms in total. The molecule has 64 valence electrons. The minimum Gasteiger partial charge on any atom is -0.323 e. The van der Waals surface area contributed by atoms with Crippen LogP contribution in [0.25, 0.3) is 0 Å². The summed E-state index contributed by atoms with van der Waals surface area (Å²) in [6.07, 6.45) is 0. The number of anilines is 1. The molecule has 0 aliphatic carbocycles. The summed E-state index contributed by atoms with van der Waals surface area (Å²) in [7, 11) is 0. The number of nitrogen functional groups attached to an aromatic ring is 1. The lowest BCUT2D eigenvalue weighted by atomic mass is 10.3. The van der Waals surface area contributed by atoms with E-state index in [1.54, 1.807) is 6.07 Å². The summed E-state index contributed by atoms with van der Waals surface area (Å²) in [5.74, 6) is 5.10. The van der Waals surface area contributed by atoms with Crippen molar-refractivity contribution in [1.29, 1.82) is 0 Å². The number of benzene rings is 1. The van der Waals surface area contributed by atoms with Crippen molar-refractivity contribution in [2.24, 2.45) is 5.84 Å². The number of nitro groups is 1. The van der Waals surface area contributed by atoms with E-state index in [-0.39, 0.29) is 10.6 Å². The summed E-state index contributed by atoms with van der Waals surface area (Å²) in [4.78, 5) is 10.1. The normalized spacial score (nSPS) is 9.50. The van der Waals surface area contributed by atoms with Gasteiger partial charge >= 0.3 is 0 Å². The average Bonchev–Trinajstić information content (AvgIpc) is 2.04. The Morgan fingerprint density at radius 3 is 2.75 bits per heavy atom. The molecule has 1 rings (SSSR count). The van der Waals surface area contributed by atoms with Gasteiger partial charge < -0.3 is 5.43 Å². The van der Waals surface area contributed by atoms with Gasteiger partial charge in [-0.15, -0.1) is 12.6 Å². The SMILES string of the molecule is NNc1cccc([N+](=O)[O-])c1S. The Morgan fingerprint density at radius 2 is 2.25 bits per heavy atom. The van der Waals surface area contributed by atoms with Crippen molar-refractivity contribution < 1.29 is 4.92 Å². The first-order chi connectivity index (χ1) is 5.66. The molecule has 0 amide bonds. The van der Waals surface area contributed by atoms with Gasteiger partial charge in [0.2, 0.25) is 0 Å². The summed E-state index contributed by atoms with van der Waals surface area (Å²) in [6, 6.07) is 4.51. The zero-order chi connectivity index (χ0) is 9.14. The summed E-state index contributed by atoms with van der Waals surface area (Å²) in [5, 5.41) is 10.4. The van der Waals surface area contributed by atoms with Crippen LogP contribution >= 0.6 is 12.6 Å². The molecule has 0 spiro atoms. The molecular formula is C6H7N3O2S. The van der Waals surface area contributed by atoms with E-state index in [1.807, 2.05) is 0 Å². The molecule has 3 N–H and O–H groups in total. The van der Waals surface area contributed by atoms with Crippen LogP contribution in [0, 0.1) is 10.1 Å². The first-order valence-electron chi connectivity index (χ1n) is 3.10. The maximum absolute atomic E-state index is 10.4. The van der Waals surface area contributed by atoms with Crippen molar-refractivity contribution in [3.8, 4) is 0 Å². The van der Waals surface area contributed by atoms with E-state index in [1.165, 1.54) is 12.1 Å². The second-order valence-electron chi connectivity index (χ2n) is 2.07. The molecule has 0 saturated carbocycles. The monoisotopic (exact) mass is 185 g/mol. The molecule has 12 heavy (non-hydrogen) atoms. The Morgan fingerprint density at radius 1 is 1.58 bits per heavy atom. The van der Waals surface area contributed by atoms with E-state index in [2.05, 4.69) is 18.1 Å². The number of rotatable bonds is 2. The molecule has 6 heteroatoms. The highest BCUT2D eigenvalue weighted by atomic mass is 32.1. The molecule has 0 saturated heterocycles. The van der Waals surface area contributed by atoms with E-state index in [0.717, 1.165) is 0 Å². The van der Waals surface area contributed by atoms with E-state index in [4.69, 9.17) is 5.84 Å². The fraction of sp³-hybridized carbons (Fsp3) is 0. The first kappa shape index (κ1) is 8.82. The van der Waals surface area contributed by atoms with Crippen molar-refractivity contribution in [2.75, 3.05) is 5.43 Å². The lowest BCUT2D eigenvalue weighted by molar-refractivity contribution is -0.387. The Hall–Kier alpha value is -1.27. The minimum atomic E-state index is -0.511. The molecule has 0 atom stereocenters. The Labute approximate surface area is 74.1 Å². The highest BCUT2D eigenvalue weighted by Gasteiger charge is 2.12. The van der Waals surface area contributed by atoms with Gasteiger partial charge in [-0.25, -0.2) is 0 Å². The molecule has 0 radical (unpaired) electrons. The fourth-order valence-corrected chi connectivity index (χ4v) is 1.09. The number of hydrogen-bond acceptors (Lipinski definition) is 5. The van der Waals surface area contributed by atoms with Gasteiger partial charge in [0.05, 0.1) is 10.6 Å². The van der Waals surface area contributed by atoms with Crippen LogP contribution in [0.3, 0.4) is 0 Å². The zero-order valence-corrected chi connectivity index (χ0v) is 6.91. The first-order valence-corrected chi connectivity index (χ1v) is 3.54. The van der Waals surface area contributed by atoms with Crippen molar-refractivity contribution in [1.82, 2.24) is 0 Å².